The Labute approximate surface area is 141 Å². The molecule has 0 unspecified atom stereocenters. The van der Waals surface area contributed by atoms with Crippen molar-refractivity contribution in [2.24, 2.45) is 12.1 Å². The summed E-state index contributed by atoms with van der Waals surface area (Å²) in [6, 6.07) is 11.3. The van der Waals surface area contributed by atoms with Gasteiger partial charge in [0.05, 0.1) is 28.8 Å². The Bertz CT molecular complexity index is 889. The summed E-state index contributed by atoms with van der Waals surface area (Å²) in [7, 11) is 3.42. The van der Waals surface area contributed by atoms with E-state index < -0.39 is 0 Å². The molecule has 0 bridgehead atoms. The zero-order chi connectivity index (χ0) is 16.4. The van der Waals surface area contributed by atoms with E-state index in [-0.39, 0.29) is 5.75 Å². The van der Waals surface area contributed by atoms with Crippen molar-refractivity contribution in [1.82, 2.24) is 9.55 Å². The summed E-state index contributed by atoms with van der Waals surface area (Å²) in [4.78, 5) is 4.47. The summed E-state index contributed by atoms with van der Waals surface area (Å²) in [5.74, 6) is 1.09. The first-order valence-corrected chi connectivity index (χ1v) is 7.66. The van der Waals surface area contributed by atoms with Gasteiger partial charge < -0.3 is 14.4 Å². The van der Waals surface area contributed by atoms with E-state index in [9.17, 15) is 5.11 Å². The molecular weight excluding hydrogens is 360 g/mol. The van der Waals surface area contributed by atoms with Gasteiger partial charge in [-0.1, -0.05) is 12.1 Å². The van der Waals surface area contributed by atoms with Gasteiger partial charge in [-0.15, -0.1) is 0 Å². The first-order valence-electron chi connectivity index (χ1n) is 6.87. The van der Waals surface area contributed by atoms with Gasteiger partial charge in [0, 0.05) is 7.05 Å². The van der Waals surface area contributed by atoms with E-state index in [4.69, 9.17) is 4.74 Å². The van der Waals surface area contributed by atoms with Gasteiger partial charge >= 0.3 is 0 Å². The number of hydrazone groups is 1. The summed E-state index contributed by atoms with van der Waals surface area (Å²) in [5, 5.41) is 14.0. The molecule has 0 saturated carbocycles. The molecule has 0 aliphatic heterocycles. The Morgan fingerprint density at radius 3 is 2.87 bits per heavy atom. The molecule has 3 aromatic rings. The zero-order valence-corrected chi connectivity index (χ0v) is 14.2. The molecule has 2 N–H and O–H groups in total. The quantitative estimate of drug-likeness (QED) is 0.541. The Hall–Kier alpha value is -2.54. The standard InChI is InChI=1S/C16H15BrN4O2/c1-21-13-6-4-3-5-12(13)19-16(21)20-18-9-10-7-11(17)15(22)14(8-10)23-2/h3-9,22H,1-2H3,(H,19,20)/b18-9-. The van der Waals surface area contributed by atoms with Crippen molar-refractivity contribution in [1.29, 1.82) is 0 Å². The number of para-hydroxylation sites is 2. The molecule has 0 fully saturated rings. The zero-order valence-electron chi connectivity index (χ0n) is 12.6. The Kier molecular flexibility index (Phi) is 4.20. The van der Waals surface area contributed by atoms with Crippen molar-refractivity contribution < 1.29 is 9.84 Å². The molecular formula is C16H15BrN4O2. The van der Waals surface area contributed by atoms with Crippen LogP contribution in [0.3, 0.4) is 0 Å². The Morgan fingerprint density at radius 2 is 2.13 bits per heavy atom. The molecule has 0 aliphatic rings. The van der Waals surface area contributed by atoms with E-state index in [2.05, 4.69) is 31.4 Å². The molecule has 2 aromatic carbocycles. The fourth-order valence-corrected chi connectivity index (χ4v) is 2.69. The molecule has 0 radical (unpaired) electrons. The van der Waals surface area contributed by atoms with Crippen LogP contribution in [0.1, 0.15) is 5.56 Å². The molecule has 6 nitrogen and oxygen atoms in total. The van der Waals surface area contributed by atoms with Crippen LogP contribution in [0, 0.1) is 0 Å². The third-order valence-electron chi connectivity index (χ3n) is 3.44. The third kappa shape index (κ3) is 3.00. The molecule has 3 rings (SSSR count). The minimum atomic E-state index is 0.0629. The number of hydrogen-bond acceptors (Lipinski definition) is 5. The summed E-state index contributed by atoms with van der Waals surface area (Å²) in [5.41, 5.74) is 5.63. The Balaban J connectivity index is 1.83. The number of aryl methyl sites for hydroxylation is 1. The predicted molar refractivity (Wildman–Crippen MR) is 94.3 cm³/mol. The highest BCUT2D eigenvalue weighted by molar-refractivity contribution is 9.10. The third-order valence-corrected chi connectivity index (χ3v) is 4.04. The fourth-order valence-electron chi connectivity index (χ4n) is 2.23. The number of halogens is 1. The SMILES string of the molecule is COc1cc(/C=N\Nc2nc3ccccc3n2C)cc(Br)c1O. The molecule has 118 valence electrons. The van der Waals surface area contributed by atoms with E-state index in [0.717, 1.165) is 16.6 Å². The summed E-state index contributed by atoms with van der Waals surface area (Å²) >= 11 is 3.28. The number of rotatable bonds is 4. The number of aromatic nitrogens is 2. The van der Waals surface area contributed by atoms with Crippen LogP contribution in [-0.4, -0.2) is 28.0 Å². The molecule has 7 heteroatoms. The number of imidazole rings is 1. The monoisotopic (exact) mass is 374 g/mol. The molecule has 1 heterocycles. The van der Waals surface area contributed by atoms with Gasteiger partial charge in [0.1, 0.15) is 0 Å². The second kappa shape index (κ2) is 6.29. The van der Waals surface area contributed by atoms with E-state index in [1.54, 1.807) is 18.3 Å². The maximum atomic E-state index is 9.80. The maximum Gasteiger partial charge on any atom is 0.224 e. The molecule has 0 saturated heterocycles. The molecule has 0 atom stereocenters. The number of anilines is 1. The molecule has 1 aromatic heterocycles. The van der Waals surface area contributed by atoms with Gasteiger partial charge in [0.25, 0.3) is 0 Å². The lowest BCUT2D eigenvalue weighted by atomic mass is 10.2. The number of phenols is 1. The van der Waals surface area contributed by atoms with E-state index in [0.29, 0.717) is 16.2 Å². The van der Waals surface area contributed by atoms with Gasteiger partial charge in [-0.25, -0.2) is 10.4 Å². The van der Waals surface area contributed by atoms with Crippen molar-refractivity contribution in [3.05, 3.63) is 46.4 Å². The molecule has 23 heavy (non-hydrogen) atoms. The first-order chi connectivity index (χ1) is 11.1. The number of phenolic OH excluding ortho intramolecular Hbond substituents is 1. The van der Waals surface area contributed by atoms with Crippen LogP contribution in [0.25, 0.3) is 11.0 Å². The Morgan fingerprint density at radius 1 is 1.35 bits per heavy atom. The van der Waals surface area contributed by atoms with Gasteiger partial charge in [0.2, 0.25) is 5.95 Å². The number of ether oxygens (including phenoxy) is 1. The van der Waals surface area contributed by atoms with Gasteiger partial charge in [-0.2, -0.15) is 5.10 Å². The van der Waals surface area contributed by atoms with Crippen LogP contribution in [0.2, 0.25) is 0 Å². The van der Waals surface area contributed by atoms with Crippen LogP contribution in [0.15, 0.2) is 46.0 Å². The molecule has 0 spiro atoms. The van der Waals surface area contributed by atoms with Crippen molar-refractivity contribution >= 4 is 39.1 Å². The number of hydrogen-bond donors (Lipinski definition) is 2. The lowest BCUT2D eigenvalue weighted by Crippen LogP contribution is -1.99. The van der Waals surface area contributed by atoms with Crippen molar-refractivity contribution in [2.75, 3.05) is 12.5 Å². The predicted octanol–water partition coefficient (Wildman–Crippen LogP) is 3.50. The normalized spacial score (nSPS) is 11.3. The van der Waals surface area contributed by atoms with Crippen molar-refractivity contribution in [2.45, 2.75) is 0 Å². The highest BCUT2D eigenvalue weighted by Gasteiger charge is 2.08. The summed E-state index contributed by atoms with van der Waals surface area (Å²) < 4.78 is 7.58. The lowest BCUT2D eigenvalue weighted by molar-refractivity contribution is 0.372. The topological polar surface area (TPSA) is 71.7 Å². The van der Waals surface area contributed by atoms with Crippen LogP contribution >= 0.6 is 15.9 Å². The largest absolute Gasteiger partial charge is 0.503 e. The van der Waals surface area contributed by atoms with E-state index in [1.807, 2.05) is 35.9 Å². The van der Waals surface area contributed by atoms with Crippen LogP contribution in [0.5, 0.6) is 11.5 Å². The molecule has 0 aliphatic carbocycles. The smallest absolute Gasteiger partial charge is 0.224 e. The average molecular weight is 375 g/mol. The number of benzene rings is 2. The highest BCUT2D eigenvalue weighted by atomic mass is 79.9. The minimum Gasteiger partial charge on any atom is -0.503 e. The maximum absolute atomic E-state index is 9.80. The number of aromatic hydroxyl groups is 1. The van der Waals surface area contributed by atoms with Gasteiger partial charge in [-0.3, -0.25) is 0 Å². The van der Waals surface area contributed by atoms with E-state index >= 15 is 0 Å². The summed E-state index contributed by atoms with van der Waals surface area (Å²) in [6.45, 7) is 0. The number of fused-ring (bicyclic) bond motifs is 1. The molecule has 0 amide bonds. The van der Waals surface area contributed by atoms with Crippen molar-refractivity contribution in [3.8, 4) is 11.5 Å². The van der Waals surface area contributed by atoms with Crippen LogP contribution < -0.4 is 10.2 Å². The van der Waals surface area contributed by atoms with E-state index in [1.165, 1.54) is 7.11 Å². The number of methoxy groups -OCH3 is 1. The number of nitrogens with one attached hydrogen (secondary N) is 1. The van der Waals surface area contributed by atoms with Crippen molar-refractivity contribution in [3.63, 3.8) is 0 Å². The highest BCUT2D eigenvalue weighted by Crippen LogP contribution is 2.34. The second-order valence-electron chi connectivity index (χ2n) is 4.91. The fraction of sp³-hybridized carbons (Fsp3) is 0.125. The van der Waals surface area contributed by atoms with Crippen LogP contribution in [-0.2, 0) is 7.05 Å². The minimum absolute atomic E-state index is 0.0629. The van der Waals surface area contributed by atoms with Gasteiger partial charge in [-0.05, 0) is 45.8 Å². The number of nitrogens with zero attached hydrogens (tertiary/aromatic N) is 3. The summed E-state index contributed by atoms with van der Waals surface area (Å²) in [6.07, 6.45) is 1.63. The second-order valence-corrected chi connectivity index (χ2v) is 5.76. The average Bonchev–Trinajstić information content (AvgIpc) is 2.87. The first kappa shape index (κ1) is 15.4. The lowest BCUT2D eigenvalue weighted by Gasteiger charge is -2.06. The van der Waals surface area contributed by atoms with Crippen LogP contribution in [0.4, 0.5) is 5.95 Å². The van der Waals surface area contributed by atoms with Gasteiger partial charge in [0.15, 0.2) is 11.5 Å².